The van der Waals surface area contributed by atoms with Crippen LogP contribution in [0, 0.1) is 0 Å². The van der Waals surface area contributed by atoms with E-state index in [1.807, 2.05) is 30.3 Å². The highest BCUT2D eigenvalue weighted by molar-refractivity contribution is 6.19. The number of carbonyl (C=O) groups excluding carboxylic acids is 2. The Morgan fingerprint density at radius 2 is 1.69 bits per heavy atom. The third-order valence-electron chi connectivity index (χ3n) is 3.88. The predicted molar refractivity (Wildman–Crippen MR) is 95.6 cm³/mol. The molecule has 6 heteroatoms. The Bertz CT molecular complexity index is 859. The van der Waals surface area contributed by atoms with E-state index in [-0.39, 0.29) is 5.57 Å². The second-order valence-electron chi connectivity index (χ2n) is 6.28. The molecule has 0 radical (unpaired) electrons. The zero-order valence-corrected chi connectivity index (χ0v) is 14.9. The van der Waals surface area contributed by atoms with E-state index in [4.69, 9.17) is 18.9 Å². The molecule has 0 N–H and O–H groups in total. The number of esters is 2. The lowest BCUT2D eigenvalue weighted by Crippen LogP contribution is -2.41. The van der Waals surface area contributed by atoms with Crippen molar-refractivity contribution in [1.29, 1.82) is 0 Å². The van der Waals surface area contributed by atoms with Crippen molar-refractivity contribution in [2.24, 2.45) is 0 Å². The number of cyclic esters (lactones) is 2. The summed E-state index contributed by atoms with van der Waals surface area (Å²) in [7, 11) is 1.59. The molecule has 2 aromatic carbocycles. The zero-order valence-electron chi connectivity index (χ0n) is 14.9. The number of hydrogen-bond donors (Lipinski definition) is 0. The Labute approximate surface area is 151 Å². The van der Waals surface area contributed by atoms with Crippen LogP contribution in [0.5, 0.6) is 5.75 Å². The molecule has 6 nitrogen and oxygen atoms in total. The highest BCUT2D eigenvalue weighted by Crippen LogP contribution is 2.32. The minimum absolute atomic E-state index is 0.169. The first-order valence-corrected chi connectivity index (χ1v) is 8.23. The van der Waals surface area contributed by atoms with Crippen LogP contribution >= 0.6 is 0 Å². The largest absolute Gasteiger partial charge is 0.491 e. The van der Waals surface area contributed by atoms with E-state index in [0.717, 1.165) is 10.8 Å². The van der Waals surface area contributed by atoms with Gasteiger partial charge in [0, 0.05) is 26.5 Å². The number of fused-ring (bicyclic) bond motifs is 1. The maximum absolute atomic E-state index is 12.3. The zero-order chi connectivity index (χ0) is 18.7. The van der Waals surface area contributed by atoms with Crippen LogP contribution in [0.15, 0.2) is 42.0 Å². The summed E-state index contributed by atoms with van der Waals surface area (Å²) in [5.41, 5.74) is 0.445. The molecule has 0 amide bonds. The van der Waals surface area contributed by atoms with Crippen LogP contribution in [0.4, 0.5) is 0 Å². The van der Waals surface area contributed by atoms with Gasteiger partial charge in [0.25, 0.3) is 5.79 Å². The summed E-state index contributed by atoms with van der Waals surface area (Å²) >= 11 is 0. The summed E-state index contributed by atoms with van der Waals surface area (Å²) in [6.45, 7) is 3.78. The molecular formula is C20H20O6. The van der Waals surface area contributed by atoms with Crippen molar-refractivity contribution in [3.63, 3.8) is 0 Å². The van der Waals surface area contributed by atoms with Crippen molar-refractivity contribution in [3.8, 4) is 5.75 Å². The average Bonchev–Trinajstić information content (AvgIpc) is 2.58. The Hall–Kier alpha value is -2.86. The van der Waals surface area contributed by atoms with E-state index in [9.17, 15) is 9.59 Å². The first kappa shape index (κ1) is 17.9. The van der Waals surface area contributed by atoms with Gasteiger partial charge in [-0.25, -0.2) is 9.59 Å². The van der Waals surface area contributed by atoms with Crippen LogP contribution in [0.2, 0.25) is 0 Å². The van der Waals surface area contributed by atoms with Crippen LogP contribution in [-0.4, -0.2) is 38.0 Å². The molecule has 0 spiro atoms. The fourth-order valence-corrected chi connectivity index (χ4v) is 2.71. The van der Waals surface area contributed by atoms with Crippen LogP contribution in [-0.2, 0) is 23.8 Å². The van der Waals surface area contributed by atoms with E-state index < -0.39 is 17.7 Å². The van der Waals surface area contributed by atoms with E-state index >= 15 is 0 Å². The molecule has 3 rings (SSSR count). The molecule has 0 saturated carbocycles. The van der Waals surface area contributed by atoms with Gasteiger partial charge in [-0.1, -0.05) is 30.3 Å². The molecule has 0 atom stereocenters. The molecule has 0 bridgehead atoms. The van der Waals surface area contributed by atoms with Crippen molar-refractivity contribution in [2.45, 2.75) is 19.6 Å². The standard InChI is InChI=1S/C20H20O6/c1-20(2)25-18(21)16(19(22)26-20)12-15-14-7-5-4-6-13(14)8-9-17(15)24-11-10-23-3/h4-9,12H,10-11H2,1-3H3. The van der Waals surface area contributed by atoms with Crippen LogP contribution in [0.1, 0.15) is 19.4 Å². The normalized spacial score (nSPS) is 16.2. The molecular weight excluding hydrogens is 336 g/mol. The van der Waals surface area contributed by atoms with Gasteiger partial charge >= 0.3 is 11.9 Å². The van der Waals surface area contributed by atoms with Crippen molar-refractivity contribution >= 4 is 28.8 Å². The second-order valence-corrected chi connectivity index (χ2v) is 6.28. The van der Waals surface area contributed by atoms with Gasteiger partial charge in [0.2, 0.25) is 0 Å². The molecule has 1 aliphatic rings. The number of carbonyl (C=O) groups is 2. The molecule has 26 heavy (non-hydrogen) atoms. The Kier molecular flexibility index (Phi) is 4.95. The van der Waals surface area contributed by atoms with E-state index in [0.29, 0.717) is 24.5 Å². The Balaban J connectivity index is 2.08. The third kappa shape index (κ3) is 3.70. The maximum Gasteiger partial charge on any atom is 0.348 e. The molecule has 1 heterocycles. The van der Waals surface area contributed by atoms with E-state index in [1.54, 1.807) is 13.2 Å². The van der Waals surface area contributed by atoms with Gasteiger partial charge in [-0.3, -0.25) is 0 Å². The van der Waals surface area contributed by atoms with E-state index in [1.165, 1.54) is 19.9 Å². The van der Waals surface area contributed by atoms with Crippen molar-refractivity contribution in [1.82, 2.24) is 0 Å². The summed E-state index contributed by atoms with van der Waals surface area (Å²) in [6, 6.07) is 11.3. The summed E-state index contributed by atoms with van der Waals surface area (Å²) < 4.78 is 21.1. The molecule has 0 unspecified atom stereocenters. The number of hydrogen-bond acceptors (Lipinski definition) is 6. The molecule has 1 saturated heterocycles. The minimum Gasteiger partial charge on any atom is -0.491 e. The van der Waals surface area contributed by atoms with Gasteiger partial charge in [-0.15, -0.1) is 0 Å². The van der Waals surface area contributed by atoms with Gasteiger partial charge in [0.15, 0.2) is 0 Å². The van der Waals surface area contributed by atoms with Crippen molar-refractivity contribution in [2.75, 3.05) is 20.3 Å². The lowest BCUT2D eigenvalue weighted by atomic mass is 10.0. The smallest absolute Gasteiger partial charge is 0.348 e. The molecule has 0 aromatic heterocycles. The Morgan fingerprint density at radius 3 is 2.38 bits per heavy atom. The van der Waals surface area contributed by atoms with E-state index in [2.05, 4.69) is 0 Å². The number of methoxy groups -OCH3 is 1. The molecule has 136 valence electrons. The van der Waals surface area contributed by atoms with Gasteiger partial charge in [0.1, 0.15) is 17.9 Å². The highest BCUT2D eigenvalue weighted by Gasteiger charge is 2.39. The van der Waals surface area contributed by atoms with Gasteiger partial charge in [-0.2, -0.15) is 0 Å². The molecule has 0 aliphatic carbocycles. The highest BCUT2D eigenvalue weighted by atomic mass is 16.7. The van der Waals surface area contributed by atoms with Crippen molar-refractivity contribution in [3.05, 3.63) is 47.5 Å². The summed E-state index contributed by atoms with van der Waals surface area (Å²) in [5.74, 6) is -2.18. The second kappa shape index (κ2) is 7.17. The predicted octanol–water partition coefficient (Wildman–Crippen LogP) is 3.08. The van der Waals surface area contributed by atoms with Gasteiger partial charge in [0.05, 0.1) is 6.61 Å². The first-order chi connectivity index (χ1) is 12.4. The van der Waals surface area contributed by atoms with Gasteiger partial charge in [-0.05, 0) is 22.9 Å². The maximum atomic E-state index is 12.3. The lowest BCUT2D eigenvalue weighted by molar-refractivity contribution is -0.222. The van der Waals surface area contributed by atoms with Crippen LogP contribution in [0.25, 0.3) is 16.8 Å². The topological polar surface area (TPSA) is 71.1 Å². The first-order valence-electron chi connectivity index (χ1n) is 8.23. The fraction of sp³-hybridized carbons (Fsp3) is 0.300. The fourth-order valence-electron chi connectivity index (χ4n) is 2.71. The number of benzene rings is 2. The summed E-state index contributed by atoms with van der Waals surface area (Å²) in [4.78, 5) is 24.6. The van der Waals surface area contributed by atoms with Crippen LogP contribution in [0.3, 0.4) is 0 Å². The summed E-state index contributed by atoms with van der Waals surface area (Å²) in [6.07, 6.45) is 1.46. The monoisotopic (exact) mass is 356 g/mol. The lowest BCUT2D eigenvalue weighted by Gasteiger charge is -2.29. The SMILES string of the molecule is COCCOc1ccc2ccccc2c1C=C1C(=O)OC(C)(C)OC1=O. The van der Waals surface area contributed by atoms with Crippen LogP contribution < -0.4 is 4.74 Å². The quantitative estimate of drug-likeness (QED) is 0.355. The van der Waals surface area contributed by atoms with Crippen molar-refractivity contribution < 1.29 is 28.5 Å². The molecule has 2 aromatic rings. The van der Waals surface area contributed by atoms with Gasteiger partial charge < -0.3 is 18.9 Å². The number of ether oxygens (including phenoxy) is 4. The number of rotatable bonds is 5. The third-order valence-corrected chi connectivity index (χ3v) is 3.88. The summed E-state index contributed by atoms with van der Waals surface area (Å²) in [5, 5.41) is 1.80. The average molecular weight is 356 g/mol. The minimum atomic E-state index is -1.28. The Morgan fingerprint density at radius 1 is 1.00 bits per heavy atom. The molecule has 1 fully saturated rings. The molecule has 1 aliphatic heterocycles.